The smallest absolute Gasteiger partial charge is 0.127 e. The van der Waals surface area contributed by atoms with E-state index < -0.39 is 0 Å². The van der Waals surface area contributed by atoms with Gasteiger partial charge in [-0.1, -0.05) is 6.58 Å². The minimum atomic E-state index is 0.393. The summed E-state index contributed by atoms with van der Waals surface area (Å²) in [6.45, 7) is 5.34. The van der Waals surface area contributed by atoms with Gasteiger partial charge in [0.15, 0.2) is 0 Å². The summed E-state index contributed by atoms with van der Waals surface area (Å²) in [5.41, 5.74) is 0.393. The number of hydrogen-bond acceptors (Lipinski definition) is 3. The Morgan fingerprint density at radius 3 is 2.42 bits per heavy atom. The molecule has 3 nitrogen and oxygen atoms in total. The van der Waals surface area contributed by atoms with Gasteiger partial charge in [-0.2, -0.15) is 0 Å². The van der Waals surface area contributed by atoms with E-state index in [4.69, 9.17) is 4.74 Å². The highest BCUT2D eigenvalue weighted by molar-refractivity contribution is 5.41. The van der Waals surface area contributed by atoms with Crippen molar-refractivity contribution in [2.75, 3.05) is 0 Å². The molecule has 1 rings (SSSR count). The largest absolute Gasteiger partial charge is 0.463 e. The van der Waals surface area contributed by atoms with E-state index in [-0.39, 0.29) is 0 Å². The lowest BCUT2D eigenvalue weighted by Crippen LogP contribution is -1.86. The average Bonchev–Trinajstić information content (AvgIpc) is 2.05. The summed E-state index contributed by atoms with van der Waals surface area (Å²) in [5, 5.41) is 2.76. The highest BCUT2D eigenvalue weighted by Crippen LogP contribution is 2.18. The van der Waals surface area contributed by atoms with Crippen LogP contribution in [0.3, 0.4) is 0 Å². The van der Waals surface area contributed by atoms with Gasteiger partial charge in [-0.15, -0.1) is 4.91 Å². The molecule has 0 saturated heterocycles. The molecule has 1 aromatic carbocycles. The van der Waals surface area contributed by atoms with Gasteiger partial charge in [-0.3, -0.25) is 0 Å². The van der Waals surface area contributed by atoms with Gasteiger partial charge in [0.1, 0.15) is 11.4 Å². The van der Waals surface area contributed by atoms with Gasteiger partial charge in [0.25, 0.3) is 0 Å². The molecule has 0 aromatic heterocycles. The van der Waals surface area contributed by atoms with Crippen molar-refractivity contribution in [3.05, 3.63) is 41.5 Å². The van der Waals surface area contributed by atoms with Gasteiger partial charge in [0.2, 0.25) is 0 Å². The van der Waals surface area contributed by atoms with Crippen LogP contribution < -0.4 is 4.74 Å². The minimum absolute atomic E-state index is 0.393. The molecule has 0 amide bonds. The number of ether oxygens (including phenoxy) is 1. The number of allylic oxidation sites excluding steroid dienone is 1. The van der Waals surface area contributed by atoms with Crippen LogP contribution in [0.25, 0.3) is 0 Å². The van der Waals surface area contributed by atoms with Crippen molar-refractivity contribution in [2.45, 2.75) is 6.92 Å². The van der Waals surface area contributed by atoms with Crippen LogP contribution in [0.4, 0.5) is 5.69 Å². The molecule has 62 valence electrons. The van der Waals surface area contributed by atoms with Crippen molar-refractivity contribution in [3.8, 4) is 5.75 Å². The van der Waals surface area contributed by atoms with E-state index in [1.54, 1.807) is 31.2 Å². The number of hydrogen-bond donors (Lipinski definition) is 0. The predicted molar refractivity (Wildman–Crippen MR) is 47.3 cm³/mol. The maximum Gasteiger partial charge on any atom is 0.127 e. The van der Waals surface area contributed by atoms with E-state index in [0.29, 0.717) is 17.2 Å². The Kier molecular flexibility index (Phi) is 2.58. The van der Waals surface area contributed by atoms with Crippen molar-refractivity contribution in [2.24, 2.45) is 5.18 Å². The zero-order valence-corrected chi connectivity index (χ0v) is 6.78. The Morgan fingerprint density at radius 1 is 1.42 bits per heavy atom. The van der Waals surface area contributed by atoms with Gasteiger partial charge in [-0.25, -0.2) is 0 Å². The first kappa shape index (κ1) is 8.46. The maximum atomic E-state index is 10.0. The summed E-state index contributed by atoms with van der Waals surface area (Å²) >= 11 is 0. The highest BCUT2D eigenvalue weighted by Gasteiger charge is 1.94. The van der Waals surface area contributed by atoms with Gasteiger partial charge < -0.3 is 4.74 Å². The molecule has 0 radical (unpaired) electrons. The molecule has 0 atom stereocenters. The SMILES string of the molecule is C=C(C)Oc1ccc(N=O)cc1. The molecule has 12 heavy (non-hydrogen) atoms. The molecule has 0 fully saturated rings. The molecule has 0 bridgehead atoms. The summed E-state index contributed by atoms with van der Waals surface area (Å²) in [7, 11) is 0. The van der Waals surface area contributed by atoms with E-state index >= 15 is 0 Å². The van der Waals surface area contributed by atoms with Crippen molar-refractivity contribution in [3.63, 3.8) is 0 Å². The van der Waals surface area contributed by atoms with Crippen LogP contribution in [0.15, 0.2) is 41.8 Å². The molecule has 0 aliphatic heterocycles. The van der Waals surface area contributed by atoms with E-state index in [1.807, 2.05) is 0 Å². The van der Waals surface area contributed by atoms with Crippen LogP contribution >= 0.6 is 0 Å². The zero-order valence-electron chi connectivity index (χ0n) is 6.78. The third-order valence-corrected chi connectivity index (χ3v) is 1.23. The minimum Gasteiger partial charge on any atom is -0.463 e. The summed E-state index contributed by atoms with van der Waals surface area (Å²) < 4.78 is 5.18. The normalized spacial score (nSPS) is 9.08. The van der Waals surface area contributed by atoms with Gasteiger partial charge in [0.05, 0.1) is 5.76 Å². The Labute approximate surface area is 70.6 Å². The van der Waals surface area contributed by atoms with Crippen molar-refractivity contribution >= 4 is 5.69 Å². The summed E-state index contributed by atoms with van der Waals surface area (Å²) in [6, 6.07) is 6.52. The van der Waals surface area contributed by atoms with Crippen LogP contribution in [0, 0.1) is 4.91 Å². The molecule has 1 aromatic rings. The summed E-state index contributed by atoms with van der Waals surface area (Å²) in [6.07, 6.45) is 0. The predicted octanol–water partition coefficient (Wildman–Crippen LogP) is 3.00. The molecule has 0 spiro atoms. The number of rotatable bonds is 3. The fraction of sp³-hybridized carbons (Fsp3) is 0.111. The average molecular weight is 163 g/mol. The molecule has 0 saturated carbocycles. The molecule has 0 N–H and O–H groups in total. The third-order valence-electron chi connectivity index (χ3n) is 1.23. The van der Waals surface area contributed by atoms with Crippen molar-refractivity contribution in [1.82, 2.24) is 0 Å². The first-order chi connectivity index (χ1) is 5.72. The maximum absolute atomic E-state index is 10.0. The fourth-order valence-electron chi connectivity index (χ4n) is 0.776. The lowest BCUT2D eigenvalue weighted by molar-refractivity contribution is 0.430. The second kappa shape index (κ2) is 3.67. The molecule has 0 aliphatic carbocycles. The van der Waals surface area contributed by atoms with E-state index in [1.165, 1.54) is 0 Å². The van der Waals surface area contributed by atoms with Crippen molar-refractivity contribution in [1.29, 1.82) is 0 Å². The Hall–Kier alpha value is -1.64. The Morgan fingerprint density at radius 2 is 2.00 bits per heavy atom. The molecule has 0 heterocycles. The molecule has 0 aliphatic rings. The standard InChI is InChI=1S/C9H9NO2/c1-7(2)12-9-5-3-8(10-11)4-6-9/h3-6H,1H2,2H3. The van der Waals surface area contributed by atoms with E-state index in [2.05, 4.69) is 11.8 Å². The van der Waals surface area contributed by atoms with E-state index in [0.717, 1.165) is 0 Å². The topological polar surface area (TPSA) is 38.7 Å². The van der Waals surface area contributed by atoms with E-state index in [9.17, 15) is 4.91 Å². The first-order valence-corrected chi connectivity index (χ1v) is 3.49. The third kappa shape index (κ3) is 2.20. The molecule has 3 heteroatoms. The summed E-state index contributed by atoms with van der Waals surface area (Å²) in [4.78, 5) is 10.0. The molecular formula is C9H9NO2. The van der Waals surface area contributed by atoms with Gasteiger partial charge in [0, 0.05) is 0 Å². The number of nitroso groups, excluding NO2 is 1. The van der Waals surface area contributed by atoms with Crippen LogP contribution in [-0.2, 0) is 0 Å². The van der Waals surface area contributed by atoms with Gasteiger partial charge >= 0.3 is 0 Å². The van der Waals surface area contributed by atoms with Crippen LogP contribution in [0.1, 0.15) is 6.92 Å². The Balaban J connectivity index is 2.77. The van der Waals surface area contributed by atoms with Crippen LogP contribution in [-0.4, -0.2) is 0 Å². The molecular weight excluding hydrogens is 154 g/mol. The quantitative estimate of drug-likeness (QED) is 0.507. The lowest BCUT2D eigenvalue weighted by Gasteiger charge is -2.02. The number of nitrogens with zero attached hydrogens (tertiary/aromatic N) is 1. The lowest BCUT2D eigenvalue weighted by atomic mass is 10.3. The fourth-order valence-corrected chi connectivity index (χ4v) is 0.776. The summed E-state index contributed by atoms with van der Waals surface area (Å²) in [5.74, 6) is 1.27. The number of benzene rings is 1. The van der Waals surface area contributed by atoms with Crippen LogP contribution in [0.5, 0.6) is 5.75 Å². The first-order valence-electron chi connectivity index (χ1n) is 3.49. The monoisotopic (exact) mass is 163 g/mol. The van der Waals surface area contributed by atoms with Crippen LogP contribution in [0.2, 0.25) is 0 Å². The zero-order chi connectivity index (χ0) is 8.97. The van der Waals surface area contributed by atoms with Crippen molar-refractivity contribution < 1.29 is 4.74 Å². The second-order valence-electron chi connectivity index (χ2n) is 2.39. The van der Waals surface area contributed by atoms with Gasteiger partial charge in [-0.05, 0) is 36.4 Å². The second-order valence-corrected chi connectivity index (χ2v) is 2.39. The Bertz CT molecular complexity index is 290. The molecule has 0 unspecified atom stereocenters. The highest BCUT2D eigenvalue weighted by atomic mass is 16.5.